The molecule has 0 aliphatic carbocycles. The first kappa shape index (κ1) is 21.0. The molecule has 0 spiro atoms. The van der Waals surface area contributed by atoms with Crippen molar-refractivity contribution in [2.75, 3.05) is 6.54 Å². The zero-order valence-electron chi connectivity index (χ0n) is 17.2. The number of aryl methyl sites for hydroxylation is 2. The van der Waals surface area contributed by atoms with Crippen LogP contribution in [0.1, 0.15) is 37.3 Å². The first-order valence-electron chi connectivity index (χ1n) is 9.94. The minimum Gasteiger partial charge on any atom is -0.236 e. The number of imidazole rings is 1. The first-order valence-corrected chi connectivity index (χ1v) is 12.8. The predicted octanol–water partition coefficient (Wildman–Crippen LogP) is 3.45. The molecule has 0 bridgehead atoms. The van der Waals surface area contributed by atoms with Gasteiger partial charge in [-0.05, 0) is 81.1 Å². The fraction of sp³-hybridized carbons (Fsp3) is 0.381. The number of sulfonamides is 1. The van der Waals surface area contributed by atoms with E-state index < -0.39 is 20.0 Å². The number of hydrogen-bond donors (Lipinski definition) is 0. The van der Waals surface area contributed by atoms with E-state index in [0.717, 1.165) is 34.4 Å². The molecule has 2 aromatic carbocycles. The van der Waals surface area contributed by atoms with Crippen molar-refractivity contribution in [3.63, 3.8) is 0 Å². The summed E-state index contributed by atoms with van der Waals surface area (Å²) in [4.78, 5) is 4.35. The van der Waals surface area contributed by atoms with Crippen LogP contribution in [0.4, 0.5) is 0 Å². The highest BCUT2D eigenvalue weighted by atomic mass is 32.2. The molecule has 1 aromatic heterocycles. The summed E-state index contributed by atoms with van der Waals surface area (Å²) >= 11 is 0. The number of aromatic nitrogens is 2. The van der Waals surface area contributed by atoms with Gasteiger partial charge < -0.3 is 0 Å². The van der Waals surface area contributed by atoms with E-state index in [1.54, 1.807) is 6.07 Å². The lowest BCUT2D eigenvalue weighted by molar-refractivity contribution is 0.268. The van der Waals surface area contributed by atoms with E-state index in [9.17, 15) is 16.8 Å². The number of fused-ring (bicyclic) bond motifs is 1. The fourth-order valence-corrected chi connectivity index (χ4v) is 6.88. The average molecular weight is 448 g/mol. The molecule has 1 unspecified atom stereocenters. The van der Waals surface area contributed by atoms with Crippen molar-refractivity contribution in [1.82, 2.24) is 13.3 Å². The molecule has 0 amide bonds. The predicted molar refractivity (Wildman–Crippen MR) is 115 cm³/mol. The molecule has 9 heteroatoms. The van der Waals surface area contributed by atoms with Gasteiger partial charge in [0.25, 0.3) is 10.0 Å². The van der Waals surface area contributed by atoms with E-state index in [4.69, 9.17) is 0 Å². The number of nitrogens with zero attached hydrogens (tertiary/aromatic N) is 3. The van der Waals surface area contributed by atoms with E-state index >= 15 is 0 Å². The zero-order chi connectivity index (χ0) is 21.7. The summed E-state index contributed by atoms with van der Waals surface area (Å²) in [6.07, 6.45) is 3.97. The van der Waals surface area contributed by atoms with Crippen LogP contribution in [0, 0.1) is 13.8 Å². The minimum absolute atomic E-state index is 0.0191. The van der Waals surface area contributed by atoms with E-state index in [-0.39, 0.29) is 15.8 Å². The Morgan fingerprint density at radius 2 is 1.50 bits per heavy atom. The highest BCUT2D eigenvalue weighted by molar-refractivity contribution is 7.90. The normalized spacial score (nSPS) is 18.7. The van der Waals surface area contributed by atoms with Gasteiger partial charge in [-0.1, -0.05) is 6.42 Å². The van der Waals surface area contributed by atoms with Gasteiger partial charge in [-0.25, -0.2) is 25.8 Å². The maximum atomic E-state index is 13.2. The Balaban J connectivity index is 1.71. The second-order valence-corrected chi connectivity index (χ2v) is 11.6. The van der Waals surface area contributed by atoms with Gasteiger partial charge in [0.15, 0.2) is 0 Å². The molecule has 1 aliphatic heterocycles. The number of piperidine rings is 1. The zero-order valence-corrected chi connectivity index (χ0v) is 18.9. The summed E-state index contributed by atoms with van der Waals surface area (Å²) < 4.78 is 55.0. The van der Waals surface area contributed by atoms with Gasteiger partial charge >= 0.3 is 0 Å². The van der Waals surface area contributed by atoms with Crippen molar-refractivity contribution in [3.8, 4) is 0 Å². The van der Waals surface area contributed by atoms with E-state index in [2.05, 4.69) is 4.98 Å². The standard InChI is InChI=1S/C21H25N3O4S2/c1-15-12-20-21(13-16(15)2)24(14-22-20)30(27,28)19-9-7-18(8-10-19)29(25,26)23-11-5-4-6-17(23)3/h7-10,12-14,17H,4-6,11H2,1-3H3. The molecule has 1 atom stereocenters. The highest BCUT2D eigenvalue weighted by Gasteiger charge is 2.31. The Labute approximate surface area is 177 Å². The summed E-state index contributed by atoms with van der Waals surface area (Å²) in [5, 5.41) is 0. The molecule has 1 saturated heterocycles. The van der Waals surface area contributed by atoms with Crippen molar-refractivity contribution >= 4 is 31.1 Å². The molecule has 1 fully saturated rings. The lowest BCUT2D eigenvalue weighted by atomic mass is 10.1. The van der Waals surface area contributed by atoms with Gasteiger partial charge in [0.2, 0.25) is 10.0 Å². The van der Waals surface area contributed by atoms with Crippen molar-refractivity contribution in [1.29, 1.82) is 0 Å². The Kier molecular flexibility index (Phi) is 5.24. The van der Waals surface area contributed by atoms with Gasteiger partial charge in [0, 0.05) is 12.6 Å². The fourth-order valence-electron chi connectivity index (χ4n) is 3.90. The van der Waals surface area contributed by atoms with Crippen LogP contribution in [0.3, 0.4) is 0 Å². The van der Waals surface area contributed by atoms with Gasteiger partial charge in [-0.2, -0.15) is 4.31 Å². The van der Waals surface area contributed by atoms with Crippen molar-refractivity contribution in [2.45, 2.75) is 55.9 Å². The Morgan fingerprint density at radius 3 is 2.13 bits per heavy atom. The molecular formula is C21H25N3O4S2. The Morgan fingerprint density at radius 1 is 0.900 bits per heavy atom. The van der Waals surface area contributed by atoms with Crippen LogP contribution in [0.2, 0.25) is 0 Å². The Hall–Kier alpha value is -2.23. The summed E-state index contributed by atoms with van der Waals surface area (Å²) in [5.74, 6) is 0. The van der Waals surface area contributed by atoms with Crippen LogP contribution < -0.4 is 0 Å². The lowest BCUT2D eigenvalue weighted by Gasteiger charge is -2.32. The molecule has 0 saturated carbocycles. The second-order valence-electron chi connectivity index (χ2n) is 7.90. The molecular weight excluding hydrogens is 422 g/mol. The average Bonchev–Trinajstić information content (AvgIpc) is 3.12. The quantitative estimate of drug-likeness (QED) is 0.611. The lowest BCUT2D eigenvalue weighted by Crippen LogP contribution is -2.41. The number of benzene rings is 2. The second kappa shape index (κ2) is 7.47. The first-order chi connectivity index (χ1) is 14.1. The van der Waals surface area contributed by atoms with E-state index in [1.165, 1.54) is 34.9 Å². The SMILES string of the molecule is Cc1cc2ncn(S(=O)(=O)c3ccc(S(=O)(=O)N4CCCCC4C)cc3)c2cc1C. The monoisotopic (exact) mass is 447 g/mol. The van der Waals surface area contributed by atoms with Crippen molar-refractivity contribution in [2.24, 2.45) is 0 Å². The molecule has 30 heavy (non-hydrogen) atoms. The maximum Gasteiger partial charge on any atom is 0.269 e. The summed E-state index contributed by atoms with van der Waals surface area (Å²) in [7, 11) is -7.56. The molecule has 1 aliphatic rings. The van der Waals surface area contributed by atoms with E-state index in [1.807, 2.05) is 26.8 Å². The van der Waals surface area contributed by atoms with Gasteiger partial charge in [0.05, 0.1) is 20.8 Å². The molecule has 7 nitrogen and oxygen atoms in total. The molecule has 3 aromatic rings. The van der Waals surface area contributed by atoms with Crippen LogP contribution in [0.5, 0.6) is 0 Å². The molecule has 160 valence electrons. The van der Waals surface area contributed by atoms with Crippen LogP contribution in [0.25, 0.3) is 11.0 Å². The third-order valence-electron chi connectivity index (χ3n) is 5.86. The summed E-state index contributed by atoms with van der Waals surface area (Å²) in [6, 6.07) is 9.04. The molecule has 4 rings (SSSR count). The highest BCUT2D eigenvalue weighted by Crippen LogP contribution is 2.27. The molecule has 0 radical (unpaired) electrons. The van der Waals surface area contributed by atoms with Crippen LogP contribution in [-0.4, -0.2) is 42.7 Å². The largest absolute Gasteiger partial charge is 0.269 e. The molecule has 0 N–H and O–H groups in total. The molecule has 2 heterocycles. The minimum atomic E-state index is -3.90. The van der Waals surface area contributed by atoms with Gasteiger partial charge in [0.1, 0.15) is 6.33 Å². The topological polar surface area (TPSA) is 89.3 Å². The van der Waals surface area contributed by atoms with Crippen LogP contribution in [-0.2, 0) is 20.0 Å². The smallest absolute Gasteiger partial charge is 0.236 e. The van der Waals surface area contributed by atoms with Gasteiger partial charge in [-0.3, -0.25) is 0 Å². The number of hydrogen-bond acceptors (Lipinski definition) is 5. The van der Waals surface area contributed by atoms with E-state index in [0.29, 0.717) is 17.6 Å². The van der Waals surface area contributed by atoms with Crippen LogP contribution in [0.15, 0.2) is 52.5 Å². The summed E-state index contributed by atoms with van der Waals surface area (Å²) in [6.45, 7) is 6.26. The maximum absolute atomic E-state index is 13.2. The van der Waals surface area contributed by atoms with Crippen molar-refractivity contribution < 1.29 is 16.8 Å². The van der Waals surface area contributed by atoms with Crippen molar-refractivity contribution in [3.05, 3.63) is 53.9 Å². The number of rotatable bonds is 4. The third-order valence-corrected chi connectivity index (χ3v) is 9.56. The van der Waals surface area contributed by atoms with Gasteiger partial charge in [-0.15, -0.1) is 0 Å². The summed E-state index contributed by atoms with van der Waals surface area (Å²) in [5.41, 5.74) is 3.10. The van der Waals surface area contributed by atoms with Crippen LogP contribution >= 0.6 is 0 Å². The third kappa shape index (κ3) is 3.44. The Bertz CT molecular complexity index is 1310.